The molecular weight excluding hydrogens is 238 g/mol. The van der Waals surface area contributed by atoms with Crippen molar-refractivity contribution in [3.05, 3.63) is 41.5 Å². The van der Waals surface area contributed by atoms with Gasteiger partial charge in [-0.05, 0) is 5.56 Å². The molecule has 18 heavy (non-hydrogen) atoms. The van der Waals surface area contributed by atoms with Crippen molar-refractivity contribution in [1.29, 1.82) is 0 Å². The van der Waals surface area contributed by atoms with E-state index in [1.54, 1.807) is 0 Å². The first-order chi connectivity index (χ1) is 8.72. The number of carbonyl (C=O) groups is 2. The number of carbonyl (C=O) groups excluding carboxylic acids is 3. The van der Waals surface area contributed by atoms with Gasteiger partial charge in [0.2, 0.25) is 0 Å². The van der Waals surface area contributed by atoms with Crippen LogP contribution in [0.1, 0.15) is 5.56 Å². The van der Waals surface area contributed by atoms with E-state index in [0.29, 0.717) is 0 Å². The van der Waals surface area contributed by atoms with E-state index in [0.717, 1.165) is 5.56 Å². The van der Waals surface area contributed by atoms with Crippen LogP contribution in [-0.2, 0) is 30.6 Å². The third-order valence-electron chi connectivity index (χ3n) is 2.33. The number of hydroxylamine groups is 1. The van der Waals surface area contributed by atoms with Crippen LogP contribution >= 0.6 is 0 Å². The van der Waals surface area contributed by atoms with Gasteiger partial charge in [-0.25, -0.2) is 14.4 Å². The summed E-state index contributed by atoms with van der Waals surface area (Å²) in [5.41, 5.74) is 2.78. The largest absolute Gasteiger partial charge is 0.388 e. The van der Waals surface area contributed by atoms with E-state index in [1.165, 1.54) is 5.94 Å². The summed E-state index contributed by atoms with van der Waals surface area (Å²) in [6.07, 6.45) is 0. The Labute approximate surface area is 102 Å². The van der Waals surface area contributed by atoms with E-state index in [-0.39, 0.29) is 6.61 Å². The lowest BCUT2D eigenvalue weighted by molar-refractivity contribution is -0.153. The van der Waals surface area contributed by atoms with E-state index in [1.807, 2.05) is 30.3 Å². The fourth-order valence-electron chi connectivity index (χ4n) is 1.43. The van der Waals surface area contributed by atoms with Gasteiger partial charge in [0.05, 0.1) is 6.61 Å². The van der Waals surface area contributed by atoms with Crippen molar-refractivity contribution in [3.63, 3.8) is 0 Å². The quantitative estimate of drug-likeness (QED) is 0.263. The van der Waals surface area contributed by atoms with Crippen LogP contribution in [0, 0.1) is 0 Å². The molecule has 6 heteroatoms. The predicted octanol–water partition coefficient (Wildman–Crippen LogP) is -0.0822. The smallest absolute Gasteiger partial charge is 0.355 e. The molecule has 0 aliphatic carbocycles. The van der Waals surface area contributed by atoms with E-state index in [4.69, 9.17) is 4.84 Å². The third-order valence-corrected chi connectivity index (χ3v) is 2.33. The lowest BCUT2D eigenvalue weighted by atomic mass is 10.2. The molecule has 6 nitrogen and oxygen atoms in total. The van der Waals surface area contributed by atoms with E-state index >= 15 is 0 Å². The Morgan fingerprint density at radius 3 is 2.67 bits per heavy atom. The van der Waals surface area contributed by atoms with Gasteiger partial charge in [0.1, 0.15) is 5.94 Å². The highest BCUT2D eigenvalue weighted by molar-refractivity contribution is 6.14. The number of esters is 2. The molecule has 1 N–H and O–H groups in total. The zero-order valence-corrected chi connectivity index (χ0v) is 9.21. The van der Waals surface area contributed by atoms with Crippen LogP contribution in [0.4, 0.5) is 0 Å². The second-order valence-electron chi connectivity index (χ2n) is 3.55. The van der Waals surface area contributed by atoms with Gasteiger partial charge < -0.3 is 4.74 Å². The van der Waals surface area contributed by atoms with Gasteiger partial charge in [0, 0.05) is 0 Å². The van der Waals surface area contributed by atoms with Crippen molar-refractivity contribution >= 4 is 17.9 Å². The van der Waals surface area contributed by atoms with Crippen LogP contribution < -0.4 is 5.48 Å². The number of nitrogens with one attached hydrogen (secondary N) is 1. The maximum Gasteiger partial charge on any atom is 0.355 e. The molecule has 2 rings (SSSR count). The molecule has 0 saturated carbocycles. The molecule has 0 unspecified atom stereocenters. The molecule has 1 aliphatic heterocycles. The predicted molar refractivity (Wildman–Crippen MR) is 58.5 cm³/mol. The minimum atomic E-state index is -1.21. The summed E-state index contributed by atoms with van der Waals surface area (Å²) in [5.74, 6) is -0.487. The minimum Gasteiger partial charge on any atom is -0.388 e. The zero-order chi connectivity index (χ0) is 13.0. The second-order valence-corrected chi connectivity index (χ2v) is 3.55. The van der Waals surface area contributed by atoms with Crippen LogP contribution in [0.15, 0.2) is 35.9 Å². The molecule has 1 fully saturated rings. The molecule has 0 spiro atoms. The lowest BCUT2D eigenvalue weighted by Crippen LogP contribution is -2.34. The van der Waals surface area contributed by atoms with Crippen molar-refractivity contribution < 1.29 is 24.0 Å². The number of rotatable bonds is 4. The van der Waals surface area contributed by atoms with Crippen molar-refractivity contribution in [2.75, 3.05) is 0 Å². The average Bonchev–Trinajstić information content (AvgIpc) is 2.65. The molecule has 1 aromatic rings. The van der Waals surface area contributed by atoms with Gasteiger partial charge in [-0.2, -0.15) is 5.48 Å². The average molecular weight is 247 g/mol. The van der Waals surface area contributed by atoms with Gasteiger partial charge in [0.25, 0.3) is 0 Å². The topological polar surface area (TPSA) is 81.7 Å². The molecule has 1 aromatic carbocycles. The highest BCUT2D eigenvalue weighted by Gasteiger charge is 2.40. The molecule has 1 atom stereocenters. The Balaban J connectivity index is 1.92. The second kappa shape index (κ2) is 5.37. The fraction of sp³-hybridized carbons (Fsp3) is 0.167. The van der Waals surface area contributed by atoms with E-state index in [9.17, 15) is 14.4 Å². The highest BCUT2D eigenvalue weighted by Crippen LogP contribution is 2.13. The molecule has 0 amide bonds. The van der Waals surface area contributed by atoms with E-state index < -0.39 is 23.6 Å². The summed E-state index contributed by atoms with van der Waals surface area (Å²) >= 11 is 0. The van der Waals surface area contributed by atoms with Gasteiger partial charge in [-0.3, -0.25) is 4.84 Å². The van der Waals surface area contributed by atoms with Gasteiger partial charge in [-0.15, -0.1) is 0 Å². The third kappa shape index (κ3) is 2.52. The molecule has 92 valence electrons. The first-order valence-electron chi connectivity index (χ1n) is 5.14. The Morgan fingerprint density at radius 1 is 1.28 bits per heavy atom. The number of ether oxygens (including phenoxy) is 1. The van der Waals surface area contributed by atoms with Gasteiger partial charge >= 0.3 is 11.9 Å². The van der Waals surface area contributed by atoms with Crippen LogP contribution in [0.5, 0.6) is 0 Å². The molecule has 1 heterocycles. The zero-order valence-electron chi connectivity index (χ0n) is 9.21. The number of hydrogen-bond donors (Lipinski definition) is 1. The summed E-state index contributed by atoms with van der Waals surface area (Å²) in [7, 11) is 0. The standard InChI is InChI=1S/C12H9NO5/c14-6-9-10(12(16)18-11(9)15)13-17-7-8-4-2-1-3-5-8/h1-5,10,13H,7H2/t10-/m0/s1. The SMILES string of the molecule is O=C=C1C(=O)OC(=O)[C@H]1NOCc1ccccc1. The first-order valence-corrected chi connectivity index (χ1v) is 5.14. The van der Waals surface area contributed by atoms with Crippen LogP contribution in [0.25, 0.3) is 0 Å². The van der Waals surface area contributed by atoms with Crippen LogP contribution in [-0.4, -0.2) is 23.9 Å². The lowest BCUT2D eigenvalue weighted by Gasteiger charge is -2.08. The summed E-state index contributed by atoms with van der Waals surface area (Å²) in [6, 6.07) is 7.98. The Hall–Kier alpha value is -2.27. The Morgan fingerprint density at radius 2 is 2.00 bits per heavy atom. The molecule has 1 saturated heterocycles. The minimum absolute atomic E-state index is 0.185. The normalized spacial score (nSPS) is 18.7. The van der Waals surface area contributed by atoms with E-state index in [2.05, 4.69) is 10.2 Å². The maximum absolute atomic E-state index is 11.2. The summed E-state index contributed by atoms with van der Waals surface area (Å²) in [5, 5.41) is 0. The monoisotopic (exact) mass is 247 g/mol. The molecule has 0 radical (unpaired) electrons. The number of benzene rings is 1. The molecule has 1 aliphatic rings. The van der Waals surface area contributed by atoms with Crippen molar-refractivity contribution in [2.45, 2.75) is 12.6 Å². The van der Waals surface area contributed by atoms with Crippen molar-refractivity contribution in [3.8, 4) is 0 Å². The van der Waals surface area contributed by atoms with Crippen LogP contribution in [0.3, 0.4) is 0 Å². The maximum atomic E-state index is 11.2. The highest BCUT2D eigenvalue weighted by atomic mass is 16.7. The van der Waals surface area contributed by atoms with Gasteiger partial charge in [-0.1, -0.05) is 30.3 Å². The molecule has 0 bridgehead atoms. The van der Waals surface area contributed by atoms with Gasteiger partial charge in [0.15, 0.2) is 11.6 Å². The molecular formula is C12H9NO5. The number of cyclic esters (lactones) is 2. The van der Waals surface area contributed by atoms with Crippen molar-refractivity contribution in [1.82, 2.24) is 5.48 Å². The fourth-order valence-corrected chi connectivity index (χ4v) is 1.43. The summed E-state index contributed by atoms with van der Waals surface area (Å²) in [6.45, 7) is 0.185. The van der Waals surface area contributed by atoms with Crippen LogP contribution in [0.2, 0.25) is 0 Å². The molecule has 0 aromatic heterocycles. The summed E-state index contributed by atoms with van der Waals surface area (Å²) < 4.78 is 4.26. The Kier molecular flexibility index (Phi) is 3.64. The summed E-state index contributed by atoms with van der Waals surface area (Å²) in [4.78, 5) is 37.8. The number of hydrogen-bond acceptors (Lipinski definition) is 6. The van der Waals surface area contributed by atoms with Crippen molar-refractivity contribution in [2.24, 2.45) is 0 Å². The Bertz CT molecular complexity index is 519. The first kappa shape index (κ1) is 12.2.